The van der Waals surface area contributed by atoms with E-state index in [1.165, 1.54) is 56.9 Å². The third-order valence-corrected chi connectivity index (χ3v) is 9.92. The Morgan fingerprint density at radius 1 is 1.10 bits per heavy atom. The Morgan fingerprint density at radius 2 is 1.94 bits per heavy atom. The fourth-order valence-corrected chi connectivity index (χ4v) is 8.32. The first-order valence-corrected chi connectivity index (χ1v) is 13.4. The molecule has 0 amide bonds. The Kier molecular flexibility index (Phi) is 7.84. The maximum absolute atomic E-state index is 14.3. The number of ether oxygens (including phenoxy) is 2. The summed E-state index contributed by atoms with van der Waals surface area (Å²) in [6, 6.07) is 0. The van der Waals surface area contributed by atoms with Crippen LogP contribution in [0, 0.1) is 40.9 Å². The van der Waals surface area contributed by atoms with E-state index in [-0.39, 0.29) is 18.7 Å². The number of rotatable bonds is 9. The molecular formula is C28H47FO2. The summed E-state index contributed by atoms with van der Waals surface area (Å²) in [6.07, 6.45) is 15.6. The minimum absolute atomic E-state index is 0.151. The number of fused-ring (bicyclic) bond motifs is 4. The molecule has 0 aromatic rings. The first-order chi connectivity index (χ1) is 15.0. The van der Waals surface area contributed by atoms with Crippen molar-refractivity contribution in [2.75, 3.05) is 20.6 Å². The molecule has 5 unspecified atom stereocenters. The van der Waals surface area contributed by atoms with E-state index < -0.39 is 0 Å². The topological polar surface area (TPSA) is 18.5 Å². The molecule has 3 heteroatoms. The summed E-state index contributed by atoms with van der Waals surface area (Å²) in [5, 5.41) is 0. The highest BCUT2D eigenvalue weighted by Gasteiger charge is 2.55. The van der Waals surface area contributed by atoms with Crippen LogP contribution >= 0.6 is 0 Å². The molecule has 0 heterocycles. The molecule has 4 rings (SSSR count). The minimum Gasteiger partial charge on any atom is -0.359 e. The zero-order valence-electron chi connectivity index (χ0n) is 20.6. The van der Waals surface area contributed by atoms with Crippen LogP contribution in [0.3, 0.4) is 0 Å². The predicted molar refractivity (Wildman–Crippen MR) is 126 cm³/mol. The molecule has 4 aliphatic rings. The van der Waals surface area contributed by atoms with E-state index in [1.807, 2.05) is 0 Å². The normalized spacial score (nSPS) is 40.1. The summed E-state index contributed by atoms with van der Waals surface area (Å²) in [7, 11) is 1.68. The molecule has 0 spiro atoms. The van der Waals surface area contributed by atoms with Crippen molar-refractivity contribution in [2.24, 2.45) is 40.9 Å². The van der Waals surface area contributed by atoms with Gasteiger partial charge in [0.25, 0.3) is 0 Å². The second-order valence-electron chi connectivity index (χ2n) is 11.9. The van der Waals surface area contributed by atoms with Gasteiger partial charge in [0.15, 0.2) is 0 Å². The van der Waals surface area contributed by atoms with Crippen molar-refractivity contribution in [3.8, 4) is 0 Å². The van der Waals surface area contributed by atoms with Gasteiger partial charge in [0.1, 0.15) is 6.79 Å². The molecule has 0 radical (unpaired) electrons. The molecule has 2 fully saturated rings. The smallest absolute Gasteiger partial charge is 0.146 e. The van der Waals surface area contributed by atoms with Gasteiger partial charge >= 0.3 is 0 Å². The van der Waals surface area contributed by atoms with Crippen molar-refractivity contribution in [3.63, 3.8) is 0 Å². The Labute approximate surface area is 190 Å². The number of halogens is 1. The van der Waals surface area contributed by atoms with Gasteiger partial charge in [-0.3, -0.25) is 4.39 Å². The fraction of sp³-hybridized carbons (Fsp3) is 0.929. The third-order valence-electron chi connectivity index (χ3n) is 9.92. The molecule has 0 aliphatic heterocycles. The molecule has 178 valence electrons. The van der Waals surface area contributed by atoms with Crippen molar-refractivity contribution in [2.45, 2.75) is 104 Å². The molecule has 0 N–H and O–H groups in total. The Morgan fingerprint density at radius 3 is 2.68 bits per heavy atom. The number of hydrogen-bond donors (Lipinski definition) is 0. The summed E-state index contributed by atoms with van der Waals surface area (Å²) in [6.45, 7) is 7.49. The molecule has 4 aliphatic carbocycles. The number of methoxy groups -OCH3 is 1. The Hall–Kier alpha value is -0.410. The molecule has 31 heavy (non-hydrogen) atoms. The van der Waals surface area contributed by atoms with Crippen LogP contribution in [-0.2, 0) is 9.47 Å². The molecule has 7 atom stereocenters. The molecule has 0 aromatic heterocycles. The van der Waals surface area contributed by atoms with Crippen LogP contribution in [0.5, 0.6) is 0 Å². The van der Waals surface area contributed by atoms with Gasteiger partial charge in [-0.2, -0.15) is 0 Å². The highest BCUT2D eigenvalue weighted by molar-refractivity contribution is 5.29. The van der Waals surface area contributed by atoms with E-state index >= 15 is 0 Å². The SMILES string of the molecule is COCOC1CCC2=C(C1)C(CF)C[C@@H]1C2CCC2(C)C1CC[C@@H]2CCCCC(C)C. The van der Waals surface area contributed by atoms with Gasteiger partial charge in [-0.05, 0) is 92.8 Å². The zero-order chi connectivity index (χ0) is 22.0. The number of hydrogen-bond acceptors (Lipinski definition) is 2. The average Bonchev–Trinajstić information content (AvgIpc) is 3.10. The van der Waals surface area contributed by atoms with Crippen LogP contribution in [0.25, 0.3) is 0 Å². The lowest BCUT2D eigenvalue weighted by Crippen LogP contribution is -2.46. The minimum atomic E-state index is -0.179. The van der Waals surface area contributed by atoms with E-state index in [9.17, 15) is 4.39 Å². The van der Waals surface area contributed by atoms with Gasteiger partial charge < -0.3 is 9.47 Å². The first kappa shape index (κ1) is 23.7. The lowest BCUT2D eigenvalue weighted by Gasteiger charge is -2.54. The highest BCUT2D eigenvalue weighted by atomic mass is 19.1. The molecule has 2 saturated carbocycles. The van der Waals surface area contributed by atoms with Gasteiger partial charge in [0, 0.05) is 13.0 Å². The summed E-state index contributed by atoms with van der Waals surface area (Å²) in [5.74, 6) is 4.18. The standard InChI is InChI=1S/C28H47FO2/c1-19(2)7-5-6-8-21-9-12-27-26-15-20(17-29)25-16-22(31-18-30-4)10-11-23(25)24(26)13-14-28(21,27)3/h19-22,24,26-27H,5-18H2,1-4H3/t20?,21-,22?,24?,26+,27?,28?/m0/s1. The molecule has 2 nitrogen and oxygen atoms in total. The van der Waals surface area contributed by atoms with Gasteiger partial charge in [0.2, 0.25) is 0 Å². The second-order valence-corrected chi connectivity index (χ2v) is 11.9. The van der Waals surface area contributed by atoms with Crippen LogP contribution in [0.2, 0.25) is 0 Å². The largest absolute Gasteiger partial charge is 0.359 e. The van der Waals surface area contributed by atoms with Crippen LogP contribution in [0.1, 0.15) is 97.8 Å². The Balaban J connectivity index is 1.45. The van der Waals surface area contributed by atoms with Crippen molar-refractivity contribution < 1.29 is 13.9 Å². The van der Waals surface area contributed by atoms with Crippen LogP contribution in [0.15, 0.2) is 11.1 Å². The third kappa shape index (κ3) is 4.79. The van der Waals surface area contributed by atoms with Gasteiger partial charge in [-0.1, -0.05) is 51.2 Å². The van der Waals surface area contributed by atoms with Gasteiger partial charge in [-0.15, -0.1) is 0 Å². The molecule has 0 bridgehead atoms. The maximum atomic E-state index is 14.3. The van der Waals surface area contributed by atoms with Crippen LogP contribution in [-0.4, -0.2) is 26.7 Å². The second kappa shape index (κ2) is 10.2. The number of unbranched alkanes of at least 4 members (excludes halogenated alkanes) is 1. The lowest BCUT2D eigenvalue weighted by molar-refractivity contribution is -0.0787. The van der Waals surface area contributed by atoms with Crippen molar-refractivity contribution in [3.05, 3.63) is 11.1 Å². The zero-order valence-corrected chi connectivity index (χ0v) is 20.6. The lowest BCUT2D eigenvalue weighted by atomic mass is 9.51. The fourth-order valence-electron chi connectivity index (χ4n) is 8.32. The summed E-state index contributed by atoms with van der Waals surface area (Å²) in [5.41, 5.74) is 3.62. The number of alkyl halides is 1. The van der Waals surface area contributed by atoms with Crippen LogP contribution < -0.4 is 0 Å². The molecule has 0 saturated heterocycles. The summed E-state index contributed by atoms with van der Waals surface area (Å²) >= 11 is 0. The van der Waals surface area contributed by atoms with Crippen LogP contribution in [0.4, 0.5) is 4.39 Å². The van der Waals surface area contributed by atoms with Crippen molar-refractivity contribution in [1.29, 1.82) is 0 Å². The van der Waals surface area contributed by atoms with Crippen molar-refractivity contribution >= 4 is 0 Å². The van der Waals surface area contributed by atoms with E-state index in [4.69, 9.17) is 9.47 Å². The maximum Gasteiger partial charge on any atom is 0.146 e. The van der Waals surface area contributed by atoms with E-state index in [2.05, 4.69) is 20.8 Å². The van der Waals surface area contributed by atoms with Crippen molar-refractivity contribution in [1.82, 2.24) is 0 Å². The summed E-state index contributed by atoms with van der Waals surface area (Å²) in [4.78, 5) is 0. The van der Waals surface area contributed by atoms with Gasteiger partial charge in [0.05, 0.1) is 12.8 Å². The molecular weight excluding hydrogens is 387 g/mol. The summed E-state index contributed by atoms with van der Waals surface area (Å²) < 4.78 is 25.3. The van der Waals surface area contributed by atoms with E-state index in [0.29, 0.717) is 12.2 Å². The van der Waals surface area contributed by atoms with E-state index in [1.54, 1.807) is 12.7 Å². The number of allylic oxidation sites excluding steroid dienone is 1. The highest BCUT2D eigenvalue weighted by Crippen LogP contribution is 2.64. The molecule has 0 aromatic carbocycles. The first-order valence-electron chi connectivity index (χ1n) is 13.4. The Bertz CT molecular complexity index is 629. The predicted octanol–water partition coefficient (Wildman–Crippen LogP) is 7.72. The average molecular weight is 435 g/mol. The quantitative estimate of drug-likeness (QED) is 0.210. The van der Waals surface area contributed by atoms with Gasteiger partial charge in [-0.25, -0.2) is 0 Å². The van der Waals surface area contributed by atoms with E-state index in [0.717, 1.165) is 55.3 Å². The monoisotopic (exact) mass is 434 g/mol.